The van der Waals surface area contributed by atoms with Crippen LogP contribution in [0.5, 0.6) is 0 Å². The summed E-state index contributed by atoms with van der Waals surface area (Å²) >= 11 is 0. The molecule has 1 aromatic carbocycles. The van der Waals surface area contributed by atoms with Gasteiger partial charge < -0.3 is 10.2 Å². The van der Waals surface area contributed by atoms with Crippen molar-refractivity contribution in [3.63, 3.8) is 0 Å². The minimum Gasteiger partial charge on any atom is -0.352 e. The predicted molar refractivity (Wildman–Crippen MR) is 109 cm³/mol. The Hall–Kier alpha value is -3.15. The topological polar surface area (TPSA) is 63.1 Å². The van der Waals surface area contributed by atoms with Crippen molar-refractivity contribution in [1.82, 2.24) is 20.1 Å². The Balaban J connectivity index is 1.41. The molecule has 6 nitrogen and oxygen atoms in total. The maximum absolute atomic E-state index is 12.5. The highest BCUT2D eigenvalue weighted by atomic mass is 16.1. The van der Waals surface area contributed by atoms with Gasteiger partial charge in [0, 0.05) is 43.8 Å². The first-order valence-electron chi connectivity index (χ1n) is 9.71. The van der Waals surface area contributed by atoms with Crippen LogP contribution in [0.2, 0.25) is 0 Å². The van der Waals surface area contributed by atoms with E-state index in [4.69, 9.17) is 0 Å². The van der Waals surface area contributed by atoms with Crippen molar-refractivity contribution in [2.75, 3.05) is 11.4 Å². The highest BCUT2D eigenvalue weighted by molar-refractivity contribution is 5.78. The molecule has 0 fully saturated rings. The molecule has 28 heavy (non-hydrogen) atoms. The van der Waals surface area contributed by atoms with Gasteiger partial charge >= 0.3 is 0 Å². The van der Waals surface area contributed by atoms with E-state index in [1.807, 2.05) is 37.5 Å². The second kappa shape index (κ2) is 8.25. The molecule has 3 heterocycles. The van der Waals surface area contributed by atoms with E-state index >= 15 is 0 Å². The SMILES string of the molecule is C[C@H](Cn1cccn1)C(=O)NCc1cccnc1N1CCc2ccccc2C1. The minimum atomic E-state index is -0.151. The van der Waals surface area contributed by atoms with E-state index in [-0.39, 0.29) is 11.8 Å². The summed E-state index contributed by atoms with van der Waals surface area (Å²) < 4.78 is 1.78. The van der Waals surface area contributed by atoms with E-state index in [0.717, 1.165) is 30.9 Å². The maximum Gasteiger partial charge on any atom is 0.224 e. The van der Waals surface area contributed by atoms with Crippen molar-refractivity contribution < 1.29 is 4.79 Å². The number of carbonyl (C=O) groups is 1. The second-order valence-electron chi connectivity index (χ2n) is 7.27. The smallest absolute Gasteiger partial charge is 0.224 e. The lowest BCUT2D eigenvalue weighted by Crippen LogP contribution is -2.34. The number of nitrogens with zero attached hydrogens (tertiary/aromatic N) is 4. The third kappa shape index (κ3) is 4.06. The van der Waals surface area contributed by atoms with Gasteiger partial charge in [0.25, 0.3) is 0 Å². The lowest BCUT2D eigenvalue weighted by Gasteiger charge is -2.31. The molecule has 3 aromatic rings. The quantitative estimate of drug-likeness (QED) is 0.720. The molecule has 4 rings (SSSR count). The van der Waals surface area contributed by atoms with Crippen LogP contribution in [0.15, 0.2) is 61.1 Å². The van der Waals surface area contributed by atoms with E-state index in [2.05, 4.69) is 44.6 Å². The molecule has 1 N–H and O–H groups in total. The molecular formula is C22H25N5O. The predicted octanol–water partition coefficient (Wildman–Crippen LogP) is 2.79. The molecule has 0 saturated carbocycles. The fraction of sp³-hybridized carbons (Fsp3) is 0.318. The Kier molecular flexibility index (Phi) is 5.37. The van der Waals surface area contributed by atoms with Crippen LogP contribution in [0.3, 0.4) is 0 Å². The highest BCUT2D eigenvalue weighted by Gasteiger charge is 2.20. The fourth-order valence-electron chi connectivity index (χ4n) is 3.66. The fourth-order valence-corrected chi connectivity index (χ4v) is 3.66. The summed E-state index contributed by atoms with van der Waals surface area (Å²) in [5.74, 6) is 0.827. The number of nitrogens with one attached hydrogen (secondary N) is 1. The molecule has 144 valence electrons. The summed E-state index contributed by atoms with van der Waals surface area (Å²) in [5.41, 5.74) is 3.81. The Morgan fingerprint density at radius 1 is 1.14 bits per heavy atom. The van der Waals surface area contributed by atoms with Crippen molar-refractivity contribution in [1.29, 1.82) is 0 Å². The van der Waals surface area contributed by atoms with E-state index in [1.165, 1.54) is 11.1 Å². The van der Waals surface area contributed by atoms with Gasteiger partial charge in [-0.15, -0.1) is 0 Å². The summed E-state index contributed by atoms with van der Waals surface area (Å²) in [6, 6.07) is 14.4. The van der Waals surface area contributed by atoms with Gasteiger partial charge in [0.15, 0.2) is 0 Å². The second-order valence-corrected chi connectivity index (χ2v) is 7.27. The lowest BCUT2D eigenvalue weighted by molar-refractivity contribution is -0.125. The van der Waals surface area contributed by atoms with Crippen LogP contribution in [0.1, 0.15) is 23.6 Å². The number of aromatic nitrogens is 3. The first-order valence-corrected chi connectivity index (χ1v) is 9.71. The molecule has 0 spiro atoms. The summed E-state index contributed by atoms with van der Waals surface area (Å²) in [7, 11) is 0. The third-order valence-electron chi connectivity index (χ3n) is 5.22. The van der Waals surface area contributed by atoms with Gasteiger partial charge in [-0.1, -0.05) is 37.3 Å². The van der Waals surface area contributed by atoms with Crippen LogP contribution in [-0.4, -0.2) is 27.2 Å². The number of rotatable bonds is 6. The van der Waals surface area contributed by atoms with E-state index in [9.17, 15) is 4.79 Å². The van der Waals surface area contributed by atoms with Crippen molar-refractivity contribution in [2.24, 2.45) is 5.92 Å². The van der Waals surface area contributed by atoms with Crippen molar-refractivity contribution in [2.45, 2.75) is 33.0 Å². The van der Waals surface area contributed by atoms with Crippen LogP contribution in [0.25, 0.3) is 0 Å². The Morgan fingerprint density at radius 3 is 2.82 bits per heavy atom. The molecule has 2 aromatic heterocycles. The molecule has 0 radical (unpaired) electrons. The van der Waals surface area contributed by atoms with Gasteiger partial charge in [-0.3, -0.25) is 9.48 Å². The normalized spacial score (nSPS) is 14.4. The number of hydrogen-bond donors (Lipinski definition) is 1. The highest BCUT2D eigenvalue weighted by Crippen LogP contribution is 2.25. The number of anilines is 1. The van der Waals surface area contributed by atoms with Crippen LogP contribution in [-0.2, 0) is 30.8 Å². The average molecular weight is 375 g/mol. The van der Waals surface area contributed by atoms with E-state index < -0.39 is 0 Å². The first kappa shape index (κ1) is 18.2. The molecule has 0 bridgehead atoms. The third-order valence-corrected chi connectivity index (χ3v) is 5.22. The number of pyridine rings is 1. The average Bonchev–Trinajstić information content (AvgIpc) is 3.25. The Labute approximate surface area is 165 Å². The summed E-state index contributed by atoms with van der Waals surface area (Å²) in [6.07, 6.45) is 6.43. The zero-order valence-electron chi connectivity index (χ0n) is 16.1. The molecule has 0 saturated heterocycles. The van der Waals surface area contributed by atoms with Crippen LogP contribution in [0, 0.1) is 5.92 Å². The number of amides is 1. The molecule has 0 aliphatic carbocycles. The first-order chi connectivity index (χ1) is 13.7. The molecule has 1 aliphatic rings. The van der Waals surface area contributed by atoms with Gasteiger partial charge in [-0.2, -0.15) is 5.10 Å². The van der Waals surface area contributed by atoms with Crippen molar-refractivity contribution >= 4 is 11.7 Å². The minimum absolute atomic E-state index is 0.0225. The van der Waals surface area contributed by atoms with Gasteiger partial charge in [-0.05, 0) is 29.7 Å². The van der Waals surface area contributed by atoms with Gasteiger partial charge in [0.2, 0.25) is 5.91 Å². The Morgan fingerprint density at radius 2 is 2.00 bits per heavy atom. The Bertz CT molecular complexity index is 938. The van der Waals surface area contributed by atoms with Crippen molar-refractivity contribution in [3.05, 3.63) is 77.7 Å². The molecule has 1 amide bonds. The van der Waals surface area contributed by atoms with Gasteiger partial charge in [0.05, 0.1) is 12.5 Å². The summed E-state index contributed by atoms with van der Waals surface area (Å²) in [5, 5.41) is 7.23. The standard InChI is InChI=1S/C22H25N5O/c1-17(15-27-12-5-11-25-27)22(28)24-14-19-8-4-10-23-21(19)26-13-9-18-6-2-3-7-20(18)16-26/h2-8,10-12,17H,9,13-16H2,1H3,(H,24,28)/t17-/m1/s1. The maximum atomic E-state index is 12.5. The number of fused-ring (bicyclic) bond motifs is 1. The molecule has 6 heteroatoms. The molecule has 1 aliphatic heterocycles. The summed E-state index contributed by atoms with van der Waals surface area (Å²) in [6.45, 7) is 4.75. The van der Waals surface area contributed by atoms with Crippen LogP contribution in [0.4, 0.5) is 5.82 Å². The summed E-state index contributed by atoms with van der Waals surface area (Å²) in [4.78, 5) is 19.4. The van der Waals surface area contributed by atoms with Gasteiger partial charge in [0.1, 0.15) is 5.82 Å². The number of carbonyl (C=O) groups excluding carboxylic acids is 1. The number of benzene rings is 1. The van der Waals surface area contributed by atoms with Crippen LogP contribution < -0.4 is 10.2 Å². The lowest BCUT2D eigenvalue weighted by atomic mass is 9.99. The van der Waals surface area contributed by atoms with Gasteiger partial charge in [-0.25, -0.2) is 4.98 Å². The molecule has 1 atom stereocenters. The van der Waals surface area contributed by atoms with Crippen LogP contribution >= 0.6 is 0 Å². The number of hydrogen-bond acceptors (Lipinski definition) is 4. The molecule has 0 unspecified atom stereocenters. The molecular weight excluding hydrogens is 350 g/mol. The van der Waals surface area contributed by atoms with Crippen molar-refractivity contribution in [3.8, 4) is 0 Å². The zero-order chi connectivity index (χ0) is 19.3. The van der Waals surface area contributed by atoms with E-state index in [1.54, 1.807) is 10.9 Å². The zero-order valence-corrected chi connectivity index (χ0v) is 16.1. The largest absolute Gasteiger partial charge is 0.352 e. The monoisotopic (exact) mass is 375 g/mol. The van der Waals surface area contributed by atoms with E-state index in [0.29, 0.717) is 13.1 Å².